The quantitative estimate of drug-likeness (QED) is 0.0261. The van der Waals surface area contributed by atoms with E-state index in [1.807, 2.05) is 0 Å². The van der Waals surface area contributed by atoms with E-state index in [0.717, 1.165) is 128 Å². The third-order valence-electron chi connectivity index (χ3n) is 13.7. The number of unbranched alkanes of at least 4 members (excludes halogenated alkanes) is 27. The zero-order chi connectivity index (χ0) is 56.4. The first-order valence-electron chi connectivity index (χ1n) is 32.5. The van der Waals surface area contributed by atoms with Gasteiger partial charge < -0.3 is 14.2 Å². The molecule has 0 N–H and O–H groups in total. The lowest BCUT2D eigenvalue weighted by atomic mass is 10.0. The minimum Gasteiger partial charge on any atom is -0.462 e. The van der Waals surface area contributed by atoms with Crippen LogP contribution < -0.4 is 0 Å². The Labute approximate surface area is 482 Å². The summed E-state index contributed by atoms with van der Waals surface area (Å²) in [5.41, 5.74) is 0. The molecular formula is C72H120O6. The minimum atomic E-state index is -0.791. The van der Waals surface area contributed by atoms with Crippen LogP contribution in [0.1, 0.15) is 297 Å². The first kappa shape index (κ1) is 73.8. The van der Waals surface area contributed by atoms with Crippen LogP contribution in [0.15, 0.2) is 122 Å². The molecular weight excluding hydrogens is 961 g/mol. The predicted octanol–water partition coefficient (Wildman–Crippen LogP) is 22.4. The summed E-state index contributed by atoms with van der Waals surface area (Å²) >= 11 is 0. The van der Waals surface area contributed by atoms with Crippen LogP contribution in [0.2, 0.25) is 0 Å². The molecule has 78 heavy (non-hydrogen) atoms. The standard InChI is InChI=1S/C72H120O6/c1-4-7-10-13-16-19-22-25-27-29-31-33-34-35-36-37-38-40-41-43-45-47-50-53-56-59-62-65-71(74)77-68-69(67-76-70(73)64-61-58-55-52-49-24-21-18-15-12-9-6-3)78-72(75)66-63-60-57-54-51-48-46-44-42-39-32-30-28-26-23-20-17-14-11-8-5-2/h7-8,10-11,16-21,25-28,31-33,35-36,39,69H,4-6,9,12-15,22-24,29-30,34,37-38,40-68H2,1-3H3/b10-7-,11-8-,19-16-,20-17-,21-18-,27-25-,28-26-,33-31-,36-35-,39-32-. The fourth-order valence-electron chi connectivity index (χ4n) is 8.87. The zero-order valence-corrected chi connectivity index (χ0v) is 50.9. The van der Waals surface area contributed by atoms with Crippen molar-refractivity contribution in [3.8, 4) is 0 Å². The fraction of sp³-hybridized carbons (Fsp3) is 0.681. The summed E-state index contributed by atoms with van der Waals surface area (Å²) in [4.78, 5) is 38.3. The van der Waals surface area contributed by atoms with E-state index in [-0.39, 0.29) is 31.1 Å². The Kier molecular flexibility index (Phi) is 61.8. The number of carbonyl (C=O) groups is 3. The van der Waals surface area contributed by atoms with Crippen molar-refractivity contribution in [2.45, 2.75) is 303 Å². The maximum atomic E-state index is 12.9. The van der Waals surface area contributed by atoms with Gasteiger partial charge >= 0.3 is 17.9 Å². The Bertz CT molecular complexity index is 1620. The Morgan fingerprint density at radius 1 is 0.269 bits per heavy atom. The molecule has 0 saturated heterocycles. The number of hydrogen-bond acceptors (Lipinski definition) is 6. The molecule has 0 spiro atoms. The van der Waals surface area contributed by atoms with Gasteiger partial charge in [0.2, 0.25) is 0 Å². The molecule has 0 aromatic heterocycles. The molecule has 1 atom stereocenters. The molecule has 0 amide bonds. The van der Waals surface area contributed by atoms with Crippen molar-refractivity contribution in [2.75, 3.05) is 13.2 Å². The van der Waals surface area contributed by atoms with Gasteiger partial charge in [-0.3, -0.25) is 14.4 Å². The summed E-state index contributed by atoms with van der Waals surface area (Å²) in [6, 6.07) is 0. The molecule has 0 fully saturated rings. The number of ether oxygens (including phenoxy) is 3. The molecule has 0 aromatic rings. The highest BCUT2D eigenvalue weighted by Gasteiger charge is 2.19. The molecule has 6 nitrogen and oxygen atoms in total. The number of carbonyl (C=O) groups excluding carboxylic acids is 3. The van der Waals surface area contributed by atoms with Gasteiger partial charge in [0, 0.05) is 19.3 Å². The van der Waals surface area contributed by atoms with Crippen molar-refractivity contribution in [1.82, 2.24) is 0 Å². The van der Waals surface area contributed by atoms with Gasteiger partial charge in [-0.15, -0.1) is 0 Å². The van der Waals surface area contributed by atoms with E-state index in [4.69, 9.17) is 14.2 Å². The van der Waals surface area contributed by atoms with E-state index in [0.29, 0.717) is 19.3 Å². The van der Waals surface area contributed by atoms with Gasteiger partial charge in [0.25, 0.3) is 0 Å². The van der Waals surface area contributed by atoms with Crippen molar-refractivity contribution in [3.63, 3.8) is 0 Å². The molecule has 0 bridgehead atoms. The minimum absolute atomic E-state index is 0.0867. The number of esters is 3. The highest BCUT2D eigenvalue weighted by atomic mass is 16.6. The van der Waals surface area contributed by atoms with Gasteiger partial charge in [0.15, 0.2) is 6.10 Å². The van der Waals surface area contributed by atoms with E-state index in [1.54, 1.807) is 0 Å². The van der Waals surface area contributed by atoms with Crippen LogP contribution in [0.4, 0.5) is 0 Å². The molecule has 6 heteroatoms. The third kappa shape index (κ3) is 62.7. The summed E-state index contributed by atoms with van der Waals surface area (Å²) in [5, 5.41) is 0. The molecule has 0 aliphatic heterocycles. The van der Waals surface area contributed by atoms with Gasteiger partial charge in [0.1, 0.15) is 13.2 Å². The smallest absolute Gasteiger partial charge is 0.306 e. The van der Waals surface area contributed by atoms with Gasteiger partial charge in [0.05, 0.1) is 0 Å². The van der Waals surface area contributed by atoms with Crippen molar-refractivity contribution in [3.05, 3.63) is 122 Å². The second-order valence-electron chi connectivity index (χ2n) is 21.3. The van der Waals surface area contributed by atoms with Crippen LogP contribution in [0.3, 0.4) is 0 Å². The van der Waals surface area contributed by atoms with E-state index in [1.165, 1.54) is 128 Å². The van der Waals surface area contributed by atoms with Crippen LogP contribution >= 0.6 is 0 Å². The maximum Gasteiger partial charge on any atom is 0.306 e. The Balaban J connectivity index is 4.31. The zero-order valence-electron chi connectivity index (χ0n) is 50.9. The second kappa shape index (κ2) is 65.3. The average molecular weight is 1080 g/mol. The average Bonchev–Trinajstić information content (AvgIpc) is 3.44. The first-order chi connectivity index (χ1) is 38.5. The Morgan fingerprint density at radius 2 is 0.500 bits per heavy atom. The molecule has 0 radical (unpaired) electrons. The van der Waals surface area contributed by atoms with Crippen LogP contribution in [0, 0.1) is 0 Å². The summed E-state index contributed by atoms with van der Waals surface area (Å²) in [6.07, 6.45) is 90.6. The lowest BCUT2D eigenvalue weighted by Crippen LogP contribution is -2.30. The van der Waals surface area contributed by atoms with Gasteiger partial charge in [-0.05, 0) is 128 Å². The first-order valence-corrected chi connectivity index (χ1v) is 32.5. The van der Waals surface area contributed by atoms with Gasteiger partial charge in [-0.2, -0.15) is 0 Å². The Morgan fingerprint density at radius 3 is 0.795 bits per heavy atom. The van der Waals surface area contributed by atoms with Crippen molar-refractivity contribution >= 4 is 17.9 Å². The molecule has 0 aliphatic rings. The molecule has 1 unspecified atom stereocenters. The van der Waals surface area contributed by atoms with Gasteiger partial charge in [-0.1, -0.05) is 271 Å². The summed E-state index contributed by atoms with van der Waals surface area (Å²) in [7, 11) is 0. The van der Waals surface area contributed by atoms with Crippen molar-refractivity contribution in [2.24, 2.45) is 0 Å². The third-order valence-corrected chi connectivity index (χ3v) is 13.7. The second-order valence-corrected chi connectivity index (χ2v) is 21.3. The van der Waals surface area contributed by atoms with Crippen LogP contribution in [-0.4, -0.2) is 37.2 Å². The lowest BCUT2D eigenvalue weighted by molar-refractivity contribution is -0.167. The van der Waals surface area contributed by atoms with Gasteiger partial charge in [-0.25, -0.2) is 0 Å². The van der Waals surface area contributed by atoms with Crippen LogP contribution in [0.25, 0.3) is 0 Å². The largest absolute Gasteiger partial charge is 0.462 e. The van der Waals surface area contributed by atoms with E-state index in [2.05, 4.69) is 142 Å². The molecule has 0 saturated carbocycles. The summed E-state index contributed by atoms with van der Waals surface area (Å²) < 4.78 is 16.9. The van der Waals surface area contributed by atoms with E-state index < -0.39 is 6.10 Å². The fourth-order valence-corrected chi connectivity index (χ4v) is 8.87. The van der Waals surface area contributed by atoms with Crippen LogP contribution in [-0.2, 0) is 28.6 Å². The van der Waals surface area contributed by atoms with Crippen LogP contribution in [0.5, 0.6) is 0 Å². The van der Waals surface area contributed by atoms with E-state index >= 15 is 0 Å². The highest BCUT2D eigenvalue weighted by Crippen LogP contribution is 2.16. The monoisotopic (exact) mass is 1080 g/mol. The molecule has 0 heterocycles. The molecule has 444 valence electrons. The van der Waals surface area contributed by atoms with Crippen molar-refractivity contribution in [1.29, 1.82) is 0 Å². The highest BCUT2D eigenvalue weighted by molar-refractivity contribution is 5.71. The predicted molar refractivity (Wildman–Crippen MR) is 339 cm³/mol. The normalized spacial score (nSPS) is 12.9. The molecule has 0 aliphatic carbocycles. The Hall–Kier alpha value is -4.19. The number of rotatable bonds is 58. The number of allylic oxidation sites excluding steroid dienone is 20. The van der Waals surface area contributed by atoms with Crippen molar-refractivity contribution < 1.29 is 28.6 Å². The topological polar surface area (TPSA) is 78.9 Å². The molecule has 0 aromatic carbocycles. The lowest BCUT2D eigenvalue weighted by Gasteiger charge is -2.18. The summed E-state index contributed by atoms with van der Waals surface area (Å²) in [6.45, 7) is 6.39. The van der Waals surface area contributed by atoms with E-state index in [9.17, 15) is 14.4 Å². The maximum absolute atomic E-state index is 12.9. The molecule has 0 rings (SSSR count). The summed E-state index contributed by atoms with van der Waals surface area (Å²) in [5.74, 6) is -0.901. The number of hydrogen-bond donors (Lipinski definition) is 0. The SMILES string of the molecule is CC/C=C\C/C=C\C/C=C\C/C=C\C/C=C\CCCCCCCCCCCCCC(=O)OCC(COC(=O)CCCCCCC/C=C\CCCCC)OC(=O)CCCCCCCCCC/C=C\C/C=C\C/C=C\C/C=C\CC.